The van der Waals surface area contributed by atoms with Crippen molar-refractivity contribution in [3.05, 3.63) is 102 Å². The number of fused-ring (bicyclic) bond motifs is 1. The topological polar surface area (TPSA) is 112 Å². The van der Waals surface area contributed by atoms with Crippen LogP contribution in [0.5, 0.6) is 5.75 Å². The molecule has 1 amide bonds. The van der Waals surface area contributed by atoms with E-state index in [1.807, 2.05) is 36.4 Å². The standard InChI is InChI=1S/C30H32N4O5S/c35-27-11-9-23(10-12-27)19-26(32-40(37,38)29-8-4-7-25-20-31-14-13-28(25)29)21-33-15-17-34(18-16-33)30(36)39-22-24-5-2-1-3-6-24/h1-14,20,26,32,35H,15-19,21-22H2. The monoisotopic (exact) mass is 560 g/mol. The summed E-state index contributed by atoms with van der Waals surface area (Å²) in [6.45, 7) is 2.84. The van der Waals surface area contributed by atoms with Crippen LogP contribution in [-0.4, -0.2) is 73.2 Å². The van der Waals surface area contributed by atoms with E-state index >= 15 is 0 Å². The highest BCUT2D eigenvalue weighted by atomic mass is 32.2. The molecule has 4 aromatic rings. The summed E-state index contributed by atoms with van der Waals surface area (Å²) in [4.78, 5) is 20.7. The van der Waals surface area contributed by atoms with Crippen LogP contribution < -0.4 is 4.72 Å². The van der Waals surface area contributed by atoms with Crippen LogP contribution in [0.2, 0.25) is 0 Å². The quantitative estimate of drug-likeness (QED) is 0.320. The number of sulfonamides is 1. The Morgan fingerprint density at radius 2 is 1.68 bits per heavy atom. The van der Waals surface area contributed by atoms with E-state index in [-0.39, 0.29) is 23.3 Å². The number of ether oxygens (including phenoxy) is 1. The number of aromatic hydroxyl groups is 1. The fourth-order valence-electron chi connectivity index (χ4n) is 4.91. The first-order valence-electron chi connectivity index (χ1n) is 13.2. The van der Waals surface area contributed by atoms with Gasteiger partial charge in [-0.25, -0.2) is 17.9 Å². The summed E-state index contributed by atoms with van der Waals surface area (Å²) in [5.41, 5.74) is 1.83. The van der Waals surface area contributed by atoms with Crippen molar-refractivity contribution < 1.29 is 23.1 Å². The van der Waals surface area contributed by atoms with Crippen molar-refractivity contribution in [1.82, 2.24) is 19.5 Å². The van der Waals surface area contributed by atoms with E-state index in [9.17, 15) is 18.3 Å². The SMILES string of the molecule is O=C(OCc1ccccc1)N1CCN(CC(Cc2ccc(O)cc2)NS(=O)(=O)c2cccc3cnccc23)CC1. The molecule has 1 saturated heterocycles. The molecule has 9 nitrogen and oxygen atoms in total. The van der Waals surface area contributed by atoms with Gasteiger partial charge >= 0.3 is 6.09 Å². The molecule has 1 atom stereocenters. The van der Waals surface area contributed by atoms with Gasteiger partial charge in [0.1, 0.15) is 12.4 Å². The number of carbonyl (C=O) groups is 1. The van der Waals surface area contributed by atoms with Crippen LogP contribution in [0.4, 0.5) is 4.79 Å². The minimum Gasteiger partial charge on any atom is -0.508 e. The number of benzene rings is 3. The zero-order valence-corrected chi connectivity index (χ0v) is 22.8. The Morgan fingerprint density at radius 1 is 0.925 bits per heavy atom. The number of rotatable bonds is 9. The Morgan fingerprint density at radius 3 is 2.42 bits per heavy atom. The molecule has 3 aromatic carbocycles. The van der Waals surface area contributed by atoms with Crippen molar-refractivity contribution in [2.75, 3.05) is 32.7 Å². The molecule has 1 fully saturated rings. The molecule has 0 radical (unpaired) electrons. The third-order valence-corrected chi connectivity index (χ3v) is 8.56. The smallest absolute Gasteiger partial charge is 0.410 e. The highest BCUT2D eigenvalue weighted by molar-refractivity contribution is 7.89. The van der Waals surface area contributed by atoms with Gasteiger partial charge in [-0.2, -0.15) is 0 Å². The second-order valence-electron chi connectivity index (χ2n) is 9.87. The number of phenols is 1. The Labute approximate surface area is 234 Å². The molecule has 1 aromatic heterocycles. The number of pyridine rings is 1. The summed E-state index contributed by atoms with van der Waals surface area (Å²) < 4.78 is 35.6. The second kappa shape index (κ2) is 12.5. The fraction of sp³-hybridized carbons (Fsp3) is 0.267. The maximum Gasteiger partial charge on any atom is 0.410 e. The third-order valence-electron chi connectivity index (χ3n) is 6.98. The van der Waals surface area contributed by atoms with Crippen molar-refractivity contribution in [3.63, 3.8) is 0 Å². The number of phenolic OH excluding ortho intramolecular Hbond substituents is 1. The predicted octanol–water partition coefficient (Wildman–Crippen LogP) is 3.78. The minimum absolute atomic E-state index is 0.153. The lowest BCUT2D eigenvalue weighted by Crippen LogP contribution is -2.53. The van der Waals surface area contributed by atoms with E-state index in [2.05, 4.69) is 14.6 Å². The first-order chi connectivity index (χ1) is 19.4. The lowest BCUT2D eigenvalue weighted by molar-refractivity contribution is 0.0700. The molecule has 0 bridgehead atoms. The first kappa shape index (κ1) is 27.6. The molecule has 1 unspecified atom stereocenters. The molecule has 1 aliphatic heterocycles. The van der Waals surface area contributed by atoms with Gasteiger partial charge in [0, 0.05) is 61.9 Å². The molecule has 40 heavy (non-hydrogen) atoms. The normalized spacial score (nSPS) is 15.2. The van der Waals surface area contributed by atoms with E-state index < -0.39 is 16.1 Å². The van der Waals surface area contributed by atoms with E-state index in [0.717, 1.165) is 16.5 Å². The Bertz CT molecular complexity index is 1530. The Hall–Kier alpha value is -3.99. The fourth-order valence-corrected chi connectivity index (χ4v) is 6.36. The molecule has 1 aliphatic rings. The van der Waals surface area contributed by atoms with Gasteiger partial charge in [0.25, 0.3) is 0 Å². The van der Waals surface area contributed by atoms with E-state index in [1.165, 1.54) is 0 Å². The summed E-state index contributed by atoms with van der Waals surface area (Å²) >= 11 is 0. The van der Waals surface area contributed by atoms with Gasteiger partial charge in [-0.15, -0.1) is 0 Å². The molecule has 0 aliphatic carbocycles. The summed E-state index contributed by atoms with van der Waals surface area (Å²) in [6.07, 6.45) is 3.31. The van der Waals surface area contributed by atoms with Crippen molar-refractivity contribution in [1.29, 1.82) is 0 Å². The third kappa shape index (κ3) is 6.95. The molecule has 10 heteroatoms. The number of nitrogens with zero attached hydrogens (tertiary/aromatic N) is 3. The van der Waals surface area contributed by atoms with Crippen molar-refractivity contribution >= 4 is 26.9 Å². The summed E-state index contributed by atoms with van der Waals surface area (Å²) in [6, 6.07) is 22.7. The summed E-state index contributed by atoms with van der Waals surface area (Å²) in [7, 11) is -3.86. The zero-order chi connectivity index (χ0) is 28.0. The summed E-state index contributed by atoms with van der Waals surface area (Å²) in [5.74, 6) is 0.153. The van der Waals surface area contributed by atoms with E-state index in [4.69, 9.17) is 4.74 Å². The highest BCUT2D eigenvalue weighted by Crippen LogP contribution is 2.23. The molecular formula is C30H32N4O5S. The van der Waals surface area contributed by atoms with Crippen molar-refractivity contribution in [2.45, 2.75) is 24.0 Å². The number of amides is 1. The Kier molecular flexibility index (Phi) is 8.59. The lowest BCUT2D eigenvalue weighted by atomic mass is 10.1. The molecule has 2 N–H and O–H groups in total. The molecular weight excluding hydrogens is 528 g/mol. The molecule has 5 rings (SSSR count). The van der Waals surface area contributed by atoms with Crippen LogP contribution in [0.25, 0.3) is 10.8 Å². The van der Waals surface area contributed by atoms with Gasteiger partial charge in [0.2, 0.25) is 10.0 Å². The zero-order valence-electron chi connectivity index (χ0n) is 22.0. The van der Waals surface area contributed by atoms with E-state index in [1.54, 1.807) is 59.8 Å². The predicted molar refractivity (Wildman–Crippen MR) is 152 cm³/mol. The van der Waals surface area contributed by atoms with Crippen molar-refractivity contribution in [3.8, 4) is 5.75 Å². The maximum atomic E-state index is 13.6. The highest BCUT2D eigenvalue weighted by Gasteiger charge is 2.27. The number of aromatic nitrogens is 1. The van der Waals surface area contributed by atoms with Crippen LogP contribution in [0.1, 0.15) is 11.1 Å². The molecule has 208 valence electrons. The first-order valence-corrected chi connectivity index (χ1v) is 14.7. The van der Waals surface area contributed by atoms with Crippen LogP contribution >= 0.6 is 0 Å². The average molecular weight is 561 g/mol. The molecule has 2 heterocycles. The summed E-state index contributed by atoms with van der Waals surface area (Å²) in [5, 5.41) is 11.0. The average Bonchev–Trinajstić information content (AvgIpc) is 2.97. The second-order valence-corrected chi connectivity index (χ2v) is 11.6. The Balaban J connectivity index is 1.26. The van der Waals surface area contributed by atoms with Gasteiger partial charge in [0.05, 0.1) is 4.90 Å². The van der Waals surface area contributed by atoms with Crippen molar-refractivity contribution in [2.24, 2.45) is 0 Å². The van der Waals surface area contributed by atoms with Gasteiger partial charge in [-0.3, -0.25) is 9.88 Å². The minimum atomic E-state index is -3.86. The maximum absolute atomic E-state index is 13.6. The van der Waals surface area contributed by atoms with Gasteiger partial charge in [-0.05, 0) is 41.8 Å². The lowest BCUT2D eigenvalue weighted by Gasteiger charge is -2.36. The van der Waals surface area contributed by atoms with Gasteiger partial charge in [0.15, 0.2) is 0 Å². The van der Waals surface area contributed by atoms with Gasteiger partial charge in [-0.1, -0.05) is 54.6 Å². The molecule has 0 spiro atoms. The number of piperazine rings is 1. The molecule has 0 saturated carbocycles. The van der Waals surface area contributed by atoms with Crippen LogP contribution in [0, 0.1) is 0 Å². The van der Waals surface area contributed by atoms with Crippen LogP contribution in [0.15, 0.2) is 96.2 Å². The number of hydrogen-bond donors (Lipinski definition) is 2. The number of hydrogen-bond acceptors (Lipinski definition) is 7. The van der Waals surface area contributed by atoms with Crippen LogP contribution in [-0.2, 0) is 27.8 Å². The number of carbonyl (C=O) groups excluding carboxylic acids is 1. The van der Waals surface area contributed by atoms with E-state index in [0.29, 0.717) is 44.5 Å². The largest absolute Gasteiger partial charge is 0.508 e. The number of nitrogens with one attached hydrogen (secondary N) is 1. The van der Waals surface area contributed by atoms with Crippen LogP contribution in [0.3, 0.4) is 0 Å². The van der Waals surface area contributed by atoms with Gasteiger partial charge < -0.3 is 14.7 Å².